The molecule has 1 aromatic carbocycles. The van der Waals surface area contributed by atoms with Crippen molar-refractivity contribution in [3.8, 4) is 0 Å². The molecule has 5 nitrogen and oxygen atoms in total. The Balaban J connectivity index is 2.29. The van der Waals surface area contributed by atoms with Gasteiger partial charge in [-0.1, -0.05) is 6.07 Å². The van der Waals surface area contributed by atoms with Crippen molar-refractivity contribution in [3.63, 3.8) is 0 Å². The number of benzene rings is 1. The van der Waals surface area contributed by atoms with E-state index in [9.17, 15) is 9.59 Å². The van der Waals surface area contributed by atoms with E-state index in [1.54, 1.807) is 17.0 Å². The maximum atomic E-state index is 12.1. The molecule has 0 spiro atoms. The van der Waals surface area contributed by atoms with Gasteiger partial charge in [0.15, 0.2) is 0 Å². The zero-order chi connectivity index (χ0) is 14.7. The molecule has 1 atom stereocenters. The highest BCUT2D eigenvalue weighted by Gasteiger charge is 2.30. The van der Waals surface area contributed by atoms with Crippen LogP contribution in [0.2, 0.25) is 0 Å². The van der Waals surface area contributed by atoms with Crippen LogP contribution in [0.4, 0.5) is 5.69 Å². The number of hydrogen-bond acceptors (Lipinski definition) is 3. The summed E-state index contributed by atoms with van der Waals surface area (Å²) in [5.74, 6) is 0.169. The molecule has 1 unspecified atom stereocenters. The molecular formula is C15H21N3O2. The molecule has 1 heterocycles. The molecule has 0 saturated carbocycles. The minimum Gasteiger partial charge on any atom is -0.352 e. The highest BCUT2D eigenvalue weighted by atomic mass is 16.2. The van der Waals surface area contributed by atoms with Gasteiger partial charge in [-0.2, -0.15) is 0 Å². The lowest BCUT2D eigenvalue weighted by Gasteiger charge is -2.20. The number of carbonyl (C=O) groups excluding carboxylic acids is 2. The van der Waals surface area contributed by atoms with Gasteiger partial charge in [0, 0.05) is 30.8 Å². The van der Waals surface area contributed by atoms with Gasteiger partial charge in [0.2, 0.25) is 5.91 Å². The number of nitrogens with one attached hydrogen (secondary N) is 1. The number of hydrogen-bond donors (Lipinski definition) is 2. The van der Waals surface area contributed by atoms with Crippen molar-refractivity contribution in [1.82, 2.24) is 5.32 Å². The summed E-state index contributed by atoms with van der Waals surface area (Å²) < 4.78 is 0. The van der Waals surface area contributed by atoms with Gasteiger partial charge in [-0.25, -0.2) is 0 Å². The number of nitrogens with zero attached hydrogens (tertiary/aromatic N) is 1. The van der Waals surface area contributed by atoms with Crippen LogP contribution in [0.3, 0.4) is 0 Å². The van der Waals surface area contributed by atoms with Gasteiger partial charge in [0.25, 0.3) is 5.91 Å². The Bertz CT molecular complexity index is 528. The van der Waals surface area contributed by atoms with E-state index < -0.39 is 0 Å². The topological polar surface area (TPSA) is 75.4 Å². The Hall–Kier alpha value is -1.88. The van der Waals surface area contributed by atoms with Crippen LogP contribution < -0.4 is 16.0 Å². The first kappa shape index (κ1) is 14.5. The second kappa shape index (κ2) is 6.05. The van der Waals surface area contributed by atoms with Crippen LogP contribution in [0, 0.1) is 12.8 Å². The molecule has 0 aliphatic carbocycles. The Kier molecular flexibility index (Phi) is 4.39. The largest absolute Gasteiger partial charge is 0.352 e. The SMILES string of the molecule is CCNC(=O)c1ccc(C)c(N2CC(CN)CC2=O)c1. The highest BCUT2D eigenvalue weighted by Crippen LogP contribution is 2.28. The van der Waals surface area contributed by atoms with Gasteiger partial charge in [-0.05, 0) is 44.0 Å². The van der Waals surface area contributed by atoms with Crippen LogP contribution in [0.5, 0.6) is 0 Å². The minimum absolute atomic E-state index is 0.0802. The molecular weight excluding hydrogens is 254 g/mol. The summed E-state index contributed by atoms with van der Waals surface area (Å²) in [6, 6.07) is 5.45. The average molecular weight is 275 g/mol. The fourth-order valence-corrected chi connectivity index (χ4v) is 2.48. The van der Waals surface area contributed by atoms with Crippen LogP contribution in [-0.4, -0.2) is 31.4 Å². The van der Waals surface area contributed by atoms with Crippen molar-refractivity contribution in [2.75, 3.05) is 24.5 Å². The molecule has 108 valence electrons. The third-order valence-corrected chi connectivity index (χ3v) is 3.64. The van der Waals surface area contributed by atoms with Crippen molar-refractivity contribution < 1.29 is 9.59 Å². The maximum absolute atomic E-state index is 12.1. The van der Waals surface area contributed by atoms with Crippen LogP contribution >= 0.6 is 0 Å². The Morgan fingerprint density at radius 1 is 1.50 bits per heavy atom. The Labute approximate surface area is 119 Å². The second-order valence-corrected chi connectivity index (χ2v) is 5.17. The smallest absolute Gasteiger partial charge is 0.251 e. The summed E-state index contributed by atoms with van der Waals surface area (Å²) in [7, 11) is 0. The van der Waals surface area contributed by atoms with E-state index >= 15 is 0 Å². The summed E-state index contributed by atoms with van der Waals surface area (Å²) in [5.41, 5.74) is 8.03. The van der Waals surface area contributed by atoms with Gasteiger partial charge < -0.3 is 16.0 Å². The lowest BCUT2D eigenvalue weighted by molar-refractivity contribution is -0.117. The first-order valence-electron chi connectivity index (χ1n) is 6.96. The molecule has 0 aromatic heterocycles. The van der Waals surface area contributed by atoms with Crippen LogP contribution in [0.25, 0.3) is 0 Å². The van der Waals surface area contributed by atoms with E-state index in [1.807, 2.05) is 19.9 Å². The molecule has 1 aliphatic heterocycles. The van der Waals surface area contributed by atoms with Crippen molar-refractivity contribution in [2.45, 2.75) is 20.3 Å². The Morgan fingerprint density at radius 3 is 2.85 bits per heavy atom. The minimum atomic E-state index is -0.115. The summed E-state index contributed by atoms with van der Waals surface area (Å²) in [6.45, 7) is 5.55. The van der Waals surface area contributed by atoms with Crippen LogP contribution in [-0.2, 0) is 4.79 Å². The molecule has 1 fully saturated rings. The van der Waals surface area contributed by atoms with E-state index in [4.69, 9.17) is 5.73 Å². The molecule has 1 saturated heterocycles. The molecule has 3 N–H and O–H groups in total. The molecule has 2 rings (SSSR count). The molecule has 0 bridgehead atoms. The van der Waals surface area contributed by atoms with Crippen LogP contribution in [0.15, 0.2) is 18.2 Å². The number of amides is 2. The first-order valence-corrected chi connectivity index (χ1v) is 6.96. The van der Waals surface area contributed by atoms with Crippen molar-refractivity contribution in [2.24, 2.45) is 11.7 Å². The fraction of sp³-hybridized carbons (Fsp3) is 0.467. The zero-order valence-electron chi connectivity index (χ0n) is 12.0. The van der Waals surface area contributed by atoms with Gasteiger partial charge in [-0.3, -0.25) is 9.59 Å². The van der Waals surface area contributed by atoms with Crippen LogP contribution in [0.1, 0.15) is 29.3 Å². The third kappa shape index (κ3) is 2.82. The quantitative estimate of drug-likeness (QED) is 0.862. The predicted molar refractivity (Wildman–Crippen MR) is 78.7 cm³/mol. The second-order valence-electron chi connectivity index (χ2n) is 5.17. The average Bonchev–Trinajstić information content (AvgIpc) is 2.81. The summed E-state index contributed by atoms with van der Waals surface area (Å²) in [4.78, 5) is 25.7. The fourth-order valence-electron chi connectivity index (χ4n) is 2.48. The lowest BCUT2D eigenvalue weighted by Crippen LogP contribution is -2.27. The summed E-state index contributed by atoms with van der Waals surface area (Å²) >= 11 is 0. The third-order valence-electron chi connectivity index (χ3n) is 3.64. The van der Waals surface area contributed by atoms with E-state index in [0.717, 1.165) is 11.3 Å². The number of rotatable bonds is 4. The highest BCUT2D eigenvalue weighted by molar-refractivity contribution is 5.99. The molecule has 5 heteroatoms. The van der Waals surface area contributed by atoms with Gasteiger partial charge in [0.05, 0.1) is 0 Å². The number of nitrogens with two attached hydrogens (primary N) is 1. The molecule has 20 heavy (non-hydrogen) atoms. The van der Waals surface area contributed by atoms with E-state index in [1.165, 1.54) is 0 Å². The normalized spacial score (nSPS) is 18.4. The van der Waals surface area contributed by atoms with E-state index in [2.05, 4.69) is 5.32 Å². The number of anilines is 1. The van der Waals surface area contributed by atoms with E-state index in [0.29, 0.717) is 31.6 Å². The number of carbonyl (C=O) groups is 2. The van der Waals surface area contributed by atoms with Gasteiger partial charge in [0.1, 0.15) is 0 Å². The van der Waals surface area contributed by atoms with Crippen molar-refractivity contribution in [3.05, 3.63) is 29.3 Å². The van der Waals surface area contributed by atoms with Gasteiger partial charge in [-0.15, -0.1) is 0 Å². The predicted octanol–water partition coefficient (Wildman–Crippen LogP) is 1.06. The number of aryl methyl sites for hydroxylation is 1. The molecule has 2 amide bonds. The molecule has 1 aliphatic rings. The monoisotopic (exact) mass is 275 g/mol. The molecule has 0 radical (unpaired) electrons. The van der Waals surface area contributed by atoms with Crippen molar-refractivity contribution in [1.29, 1.82) is 0 Å². The van der Waals surface area contributed by atoms with Gasteiger partial charge >= 0.3 is 0 Å². The lowest BCUT2D eigenvalue weighted by atomic mass is 10.1. The standard InChI is InChI=1S/C15H21N3O2/c1-3-17-15(20)12-5-4-10(2)13(7-12)18-9-11(8-16)6-14(18)19/h4-5,7,11H,3,6,8-9,16H2,1-2H3,(H,17,20). The van der Waals surface area contributed by atoms with Crippen molar-refractivity contribution >= 4 is 17.5 Å². The zero-order valence-corrected chi connectivity index (χ0v) is 12.0. The van der Waals surface area contributed by atoms with E-state index in [-0.39, 0.29) is 17.7 Å². The summed E-state index contributed by atoms with van der Waals surface area (Å²) in [6.07, 6.45) is 0.487. The Morgan fingerprint density at radius 2 is 2.25 bits per heavy atom. The maximum Gasteiger partial charge on any atom is 0.251 e. The summed E-state index contributed by atoms with van der Waals surface area (Å²) in [5, 5.41) is 2.77. The first-order chi connectivity index (χ1) is 9.56. The molecule has 1 aromatic rings.